The van der Waals surface area contributed by atoms with E-state index in [1.807, 2.05) is 30.3 Å². The average molecular weight is 337 g/mol. The molecule has 1 aromatic heterocycles. The Hall–Kier alpha value is -1.95. The van der Waals surface area contributed by atoms with Gasteiger partial charge in [-0.2, -0.15) is 0 Å². The number of hydrogen-bond acceptors (Lipinski definition) is 3. The van der Waals surface area contributed by atoms with E-state index >= 15 is 0 Å². The van der Waals surface area contributed by atoms with Gasteiger partial charge in [-0.3, -0.25) is 13.9 Å². The van der Waals surface area contributed by atoms with Gasteiger partial charge in [0.25, 0.3) is 5.56 Å². The van der Waals surface area contributed by atoms with E-state index in [1.165, 1.54) is 10.8 Å². The molecule has 20 heavy (non-hydrogen) atoms. The molecule has 0 N–H and O–H groups in total. The Morgan fingerprint density at radius 1 is 1.15 bits per heavy atom. The van der Waals surface area contributed by atoms with Gasteiger partial charge in [-0.25, -0.2) is 4.79 Å². The van der Waals surface area contributed by atoms with Crippen molar-refractivity contribution in [1.82, 2.24) is 9.13 Å². The third-order valence-corrected chi connectivity index (χ3v) is 3.48. The molecule has 0 saturated heterocycles. The van der Waals surface area contributed by atoms with Crippen LogP contribution in [-0.2, 0) is 24.3 Å². The summed E-state index contributed by atoms with van der Waals surface area (Å²) >= 11 is 3.12. The van der Waals surface area contributed by atoms with Gasteiger partial charge in [0, 0.05) is 12.7 Å². The molecule has 0 aliphatic rings. The van der Waals surface area contributed by atoms with Crippen LogP contribution in [0.4, 0.5) is 0 Å². The summed E-state index contributed by atoms with van der Waals surface area (Å²) in [4.78, 5) is 34.4. The van der Waals surface area contributed by atoms with Gasteiger partial charge >= 0.3 is 5.69 Å². The van der Waals surface area contributed by atoms with Gasteiger partial charge in [0.1, 0.15) is 6.29 Å². The van der Waals surface area contributed by atoms with Crippen LogP contribution in [0.1, 0.15) is 5.56 Å². The second-order valence-corrected chi connectivity index (χ2v) is 5.13. The van der Waals surface area contributed by atoms with E-state index in [4.69, 9.17) is 0 Å². The first kappa shape index (κ1) is 14.5. The molecule has 0 radical (unpaired) electrons. The summed E-state index contributed by atoms with van der Waals surface area (Å²) in [5.74, 6) is 0. The van der Waals surface area contributed by atoms with E-state index in [1.54, 1.807) is 0 Å². The molecule has 6 heteroatoms. The lowest BCUT2D eigenvalue weighted by molar-refractivity contribution is -0.108. The van der Waals surface area contributed by atoms with Crippen LogP contribution in [0, 0.1) is 0 Å². The van der Waals surface area contributed by atoms with Crippen molar-refractivity contribution in [3.05, 3.63) is 67.4 Å². The van der Waals surface area contributed by atoms with E-state index in [0.29, 0.717) is 19.3 Å². The van der Waals surface area contributed by atoms with Gasteiger partial charge in [-0.05, 0) is 27.9 Å². The maximum absolute atomic E-state index is 12.1. The highest BCUT2D eigenvalue weighted by molar-refractivity contribution is 9.10. The molecule has 5 nitrogen and oxygen atoms in total. The van der Waals surface area contributed by atoms with Crippen molar-refractivity contribution in [2.24, 2.45) is 0 Å². The Labute approximate surface area is 123 Å². The van der Waals surface area contributed by atoms with Crippen molar-refractivity contribution in [1.29, 1.82) is 0 Å². The number of aromatic nitrogens is 2. The van der Waals surface area contributed by atoms with Crippen LogP contribution in [0.3, 0.4) is 0 Å². The molecule has 0 aliphatic carbocycles. The summed E-state index contributed by atoms with van der Waals surface area (Å²) in [5, 5.41) is 0. The zero-order chi connectivity index (χ0) is 14.5. The van der Waals surface area contributed by atoms with Gasteiger partial charge in [-0.1, -0.05) is 30.3 Å². The largest absolute Gasteiger partial charge is 0.331 e. The van der Waals surface area contributed by atoms with Crippen LogP contribution in [0.5, 0.6) is 0 Å². The highest BCUT2D eigenvalue weighted by atomic mass is 79.9. The number of halogens is 1. The first-order valence-electron chi connectivity index (χ1n) is 6.11. The van der Waals surface area contributed by atoms with Crippen molar-refractivity contribution in [3.8, 4) is 0 Å². The summed E-state index contributed by atoms with van der Waals surface area (Å²) in [5.41, 5.74) is 0.142. The number of aryl methyl sites for hydroxylation is 2. The number of nitrogens with zero attached hydrogens (tertiary/aromatic N) is 2. The Balaban J connectivity index is 2.31. The molecule has 0 aliphatic heterocycles. The fourth-order valence-corrected chi connectivity index (χ4v) is 2.37. The zero-order valence-electron chi connectivity index (χ0n) is 10.7. The van der Waals surface area contributed by atoms with Crippen LogP contribution in [0.2, 0.25) is 0 Å². The van der Waals surface area contributed by atoms with Gasteiger partial charge in [0.15, 0.2) is 0 Å². The third-order valence-electron chi connectivity index (χ3n) is 2.94. The van der Waals surface area contributed by atoms with Crippen molar-refractivity contribution in [3.63, 3.8) is 0 Å². The second kappa shape index (κ2) is 6.47. The fraction of sp³-hybridized carbons (Fsp3) is 0.214. The summed E-state index contributed by atoms with van der Waals surface area (Å²) in [6, 6.07) is 9.74. The Morgan fingerprint density at radius 3 is 2.50 bits per heavy atom. The normalized spacial score (nSPS) is 10.4. The molecule has 0 atom stereocenters. The molecular formula is C14H13BrN2O3. The molecular weight excluding hydrogens is 324 g/mol. The van der Waals surface area contributed by atoms with E-state index in [-0.39, 0.29) is 11.0 Å². The summed E-state index contributed by atoms with van der Waals surface area (Å²) < 4.78 is 2.62. The monoisotopic (exact) mass is 336 g/mol. The average Bonchev–Trinajstić information content (AvgIpc) is 2.47. The predicted octanol–water partition coefficient (Wildman–Crippen LogP) is 1.21. The van der Waals surface area contributed by atoms with Crippen molar-refractivity contribution in [2.75, 3.05) is 0 Å². The molecule has 104 valence electrons. The van der Waals surface area contributed by atoms with Crippen LogP contribution in [0.15, 0.2) is 50.6 Å². The van der Waals surface area contributed by atoms with Gasteiger partial charge < -0.3 is 4.79 Å². The number of hydrogen-bond donors (Lipinski definition) is 0. The first-order chi connectivity index (χ1) is 9.63. The molecule has 2 aromatic rings. The smallest absolute Gasteiger partial charge is 0.301 e. The molecule has 1 heterocycles. The van der Waals surface area contributed by atoms with Gasteiger partial charge in [0.05, 0.1) is 11.0 Å². The maximum Gasteiger partial charge on any atom is 0.331 e. The van der Waals surface area contributed by atoms with E-state index in [9.17, 15) is 14.4 Å². The topological polar surface area (TPSA) is 61.1 Å². The van der Waals surface area contributed by atoms with Gasteiger partial charge in [0.2, 0.25) is 0 Å². The van der Waals surface area contributed by atoms with E-state index in [2.05, 4.69) is 15.9 Å². The van der Waals surface area contributed by atoms with Crippen LogP contribution < -0.4 is 11.2 Å². The Bertz CT molecular complexity index is 719. The van der Waals surface area contributed by atoms with Gasteiger partial charge in [-0.15, -0.1) is 0 Å². The minimum absolute atomic E-state index is 0.234. The number of carbonyl (C=O) groups excluding carboxylic acids is 1. The molecule has 0 amide bonds. The van der Waals surface area contributed by atoms with Crippen LogP contribution >= 0.6 is 15.9 Å². The molecule has 0 saturated carbocycles. The molecule has 2 rings (SSSR count). The van der Waals surface area contributed by atoms with Crippen molar-refractivity contribution in [2.45, 2.75) is 19.5 Å². The minimum Gasteiger partial charge on any atom is -0.301 e. The quantitative estimate of drug-likeness (QED) is 0.771. The van der Waals surface area contributed by atoms with E-state index in [0.717, 1.165) is 10.1 Å². The Kier molecular flexibility index (Phi) is 4.68. The molecule has 0 bridgehead atoms. The molecule has 1 aromatic carbocycles. The third kappa shape index (κ3) is 3.14. The summed E-state index contributed by atoms with van der Waals surface area (Å²) in [7, 11) is 0. The highest BCUT2D eigenvalue weighted by Crippen LogP contribution is 2.03. The first-order valence-corrected chi connectivity index (χ1v) is 6.90. The molecule has 0 fully saturated rings. The summed E-state index contributed by atoms with van der Waals surface area (Å²) in [6.45, 7) is 0.211. The lowest BCUT2D eigenvalue weighted by Crippen LogP contribution is -2.40. The lowest BCUT2D eigenvalue weighted by Gasteiger charge is -2.09. The Morgan fingerprint density at radius 2 is 1.85 bits per heavy atom. The maximum atomic E-state index is 12.1. The van der Waals surface area contributed by atoms with E-state index < -0.39 is 11.2 Å². The number of carbonyl (C=O) groups is 1. The number of rotatable bonds is 5. The highest BCUT2D eigenvalue weighted by Gasteiger charge is 2.09. The SMILES string of the molecule is O=CCn1c(=O)c(Br)cn(CCc2ccccc2)c1=O. The van der Waals surface area contributed by atoms with Crippen LogP contribution in [0.25, 0.3) is 0 Å². The molecule has 0 spiro atoms. The zero-order valence-corrected chi connectivity index (χ0v) is 12.2. The second-order valence-electron chi connectivity index (χ2n) is 4.27. The number of aldehydes is 1. The molecule has 0 unspecified atom stereocenters. The lowest BCUT2D eigenvalue weighted by atomic mass is 10.1. The predicted molar refractivity (Wildman–Crippen MR) is 78.9 cm³/mol. The minimum atomic E-state index is -0.488. The van der Waals surface area contributed by atoms with Crippen LogP contribution in [-0.4, -0.2) is 15.4 Å². The summed E-state index contributed by atoms with van der Waals surface area (Å²) in [6.07, 6.45) is 2.68. The standard InChI is InChI=1S/C14H13BrN2O3/c15-12-10-16(7-6-11-4-2-1-3-5-11)14(20)17(8-9-18)13(12)19/h1-5,9-10H,6-8H2. The number of benzene rings is 1. The van der Waals surface area contributed by atoms with Crippen molar-refractivity contribution >= 4 is 22.2 Å². The fourth-order valence-electron chi connectivity index (χ4n) is 1.91. The van der Waals surface area contributed by atoms with Crippen molar-refractivity contribution < 1.29 is 4.79 Å².